The molecule has 0 heterocycles. The van der Waals surface area contributed by atoms with Crippen LogP contribution in [0.2, 0.25) is 0 Å². The van der Waals surface area contributed by atoms with E-state index < -0.39 is 18.2 Å². The molecule has 0 saturated carbocycles. The number of hydrogen-bond donors (Lipinski definition) is 2. The van der Waals surface area contributed by atoms with Crippen molar-refractivity contribution in [2.45, 2.75) is 161 Å². The normalized spacial score (nSPS) is 13.7. The van der Waals surface area contributed by atoms with Crippen LogP contribution < -0.4 is 0 Å². The molecule has 0 rings (SSSR count). The Hall–Kier alpha value is -2.70. The van der Waals surface area contributed by atoms with E-state index in [1.807, 2.05) is 30.4 Å². The van der Waals surface area contributed by atoms with Crippen molar-refractivity contribution in [2.24, 2.45) is 0 Å². The monoisotopic (exact) mass is 657 g/mol. The summed E-state index contributed by atoms with van der Waals surface area (Å²) in [4.78, 5) is 23.9. The van der Waals surface area contributed by atoms with E-state index in [2.05, 4.69) is 50.3 Å². The molecule has 6 nitrogen and oxygen atoms in total. The Labute approximate surface area is 287 Å². The summed E-state index contributed by atoms with van der Waals surface area (Å²) in [5.74, 6) is -0.745. The Balaban J connectivity index is 3.70. The van der Waals surface area contributed by atoms with Gasteiger partial charge in [0, 0.05) is 12.8 Å². The van der Waals surface area contributed by atoms with Crippen LogP contribution in [0.15, 0.2) is 72.9 Å². The number of carbonyl (C=O) groups excluding carboxylic acids is 2. The summed E-state index contributed by atoms with van der Waals surface area (Å²) in [7, 11) is 0. The third kappa shape index (κ3) is 36.0. The van der Waals surface area contributed by atoms with Crippen molar-refractivity contribution in [3.8, 4) is 0 Å². The molecule has 0 bridgehead atoms. The van der Waals surface area contributed by atoms with Gasteiger partial charge in [-0.2, -0.15) is 0 Å². The van der Waals surface area contributed by atoms with Crippen molar-refractivity contribution in [3.05, 3.63) is 72.9 Å². The van der Waals surface area contributed by atoms with Crippen LogP contribution in [0.1, 0.15) is 149 Å². The van der Waals surface area contributed by atoms with E-state index in [0.29, 0.717) is 19.3 Å². The molecule has 1 unspecified atom stereocenters. The number of aliphatic hydroxyl groups is 2. The molecule has 268 valence electrons. The van der Waals surface area contributed by atoms with Gasteiger partial charge >= 0.3 is 11.9 Å². The van der Waals surface area contributed by atoms with Gasteiger partial charge in [-0.15, -0.1) is 0 Å². The molecule has 0 aliphatic carbocycles. The van der Waals surface area contributed by atoms with Gasteiger partial charge in [0.05, 0.1) is 6.10 Å². The standard InChI is InChI=1S/C41H68O6/c1-3-5-7-9-11-13-15-17-19-21-23-25-28-32-38(42)33-29-27-31-35-41(45)47-37-39(43)36-46-40(44)34-30-26-24-22-20-18-16-14-12-10-8-6-4-2/h5,7,11,13,17,19,23,25,27-29,32,38-39,42-43H,3-4,6,8-10,12,14-16,18,20-22,24,26,30-31,33-37H2,1-2H3/b7-5-,13-11-,19-17-,25-23-,29-27-,32-28-/t38?,39-/m1/s1. The van der Waals surface area contributed by atoms with Crippen LogP contribution in [0.3, 0.4) is 0 Å². The molecule has 0 aromatic heterocycles. The zero-order chi connectivity index (χ0) is 34.5. The molecule has 0 saturated heterocycles. The Morgan fingerprint density at radius 1 is 0.553 bits per heavy atom. The van der Waals surface area contributed by atoms with Crippen LogP contribution >= 0.6 is 0 Å². The molecule has 0 aromatic carbocycles. The van der Waals surface area contributed by atoms with E-state index >= 15 is 0 Å². The Kier molecular flexibility index (Phi) is 34.1. The third-order valence-corrected chi connectivity index (χ3v) is 7.55. The lowest BCUT2D eigenvalue weighted by Crippen LogP contribution is -2.25. The minimum Gasteiger partial charge on any atom is -0.463 e. The quantitative estimate of drug-likeness (QED) is 0.0324. The van der Waals surface area contributed by atoms with Crippen molar-refractivity contribution in [1.29, 1.82) is 0 Å². The van der Waals surface area contributed by atoms with Gasteiger partial charge in [-0.25, -0.2) is 0 Å². The Morgan fingerprint density at radius 3 is 1.60 bits per heavy atom. The van der Waals surface area contributed by atoms with E-state index in [9.17, 15) is 19.8 Å². The van der Waals surface area contributed by atoms with Crippen LogP contribution in [0.25, 0.3) is 0 Å². The number of carbonyl (C=O) groups is 2. The summed E-state index contributed by atoms with van der Waals surface area (Å²) < 4.78 is 10.2. The maximum absolute atomic E-state index is 11.9. The molecule has 6 heteroatoms. The lowest BCUT2D eigenvalue weighted by molar-refractivity contribution is -0.152. The maximum Gasteiger partial charge on any atom is 0.306 e. The summed E-state index contributed by atoms with van der Waals surface area (Å²) in [5.41, 5.74) is 0. The number of aliphatic hydroxyl groups excluding tert-OH is 2. The van der Waals surface area contributed by atoms with Gasteiger partial charge in [-0.05, 0) is 44.9 Å². The minimum absolute atomic E-state index is 0.170. The van der Waals surface area contributed by atoms with Crippen molar-refractivity contribution in [2.75, 3.05) is 13.2 Å². The van der Waals surface area contributed by atoms with E-state index in [-0.39, 0.29) is 25.6 Å². The van der Waals surface area contributed by atoms with Gasteiger partial charge in [-0.3, -0.25) is 9.59 Å². The van der Waals surface area contributed by atoms with Gasteiger partial charge < -0.3 is 19.7 Å². The molecule has 0 fully saturated rings. The molecular formula is C41H68O6. The number of rotatable bonds is 32. The second-order valence-electron chi connectivity index (χ2n) is 12.2. The summed E-state index contributed by atoms with van der Waals surface area (Å²) in [6.45, 7) is 4.02. The highest BCUT2D eigenvalue weighted by atomic mass is 16.6. The third-order valence-electron chi connectivity index (χ3n) is 7.55. The fourth-order valence-electron chi connectivity index (χ4n) is 4.72. The van der Waals surface area contributed by atoms with E-state index in [0.717, 1.165) is 44.9 Å². The first kappa shape index (κ1) is 44.3. The molecule has 0 radical (unpaired) electrons. The zero-order valence-corrected chi connectivity index (χ0v) is 29.9. The minimum atomic E-state index is -1.03. The van der Waals surface area contributed by atoms with Gasteiger partial charge in [0.15, 0.2) is 0 Å². The van der Waals surface area contributed by atoms with Crippen molar-refractivity contribution in [1.82, 2.24) is 0 Å². The highest BCUT2D eigenvalue weighted by molar-refractivity contribution is 5.70. The van der Waals surface area contributed by atoms with Crippen LogP contribution in [0.4, 0.5) is 0 Å². The Morgan fingerprint density at radius 2 is 1.04 bits per heavy atom. The summed E-state index contributed by atoms with van der Waals surface area (Å²) in [5, 5.41) is 20.0. The number of allylic oxidation sites excluding steroid dienone is 10. The second-order valence-corrected chi connectivity index (χ2v) is 12.2. The number of esters is 2. The number of unbranched alkanes of at least 4 members (excludes halogenated alkanes) is 12. The fourth-order valence-corrected chi connectivity index (χ4v) is 4.72. The Bertz CT molecular complexity index is 898. The van der Waals surface area contributed by atoms with Crippen LogP contribution in [-0.2, 0) is 19.1 Å². The molecule has 0 aliphatic heterocycles. The van der Waals surface area contributed by atoms with Gasteiger partial charge in [0.2, 0.25) is 0 Å². The first-order valence-electron chi connectivity index (χ1n) is 18.6. The van der Waals surface area contributed by atoms with Gasteiger partial charge in [0.25, 0.3) is 0 Å². The van der Waals surface area contributed by atoms with Crippen molar-refractivity contribution < 1.29 is 29.3 Å². The lowest BCUT2D eigenvalue weighted by Gasteiger charge is -2.12. The highest BCUT2D eigenvalue weighted by Gasteiger charge is 2.11. The zero-order valence-electron chi connectivity index (χ0n) is 29.9. The summed E-state index contributed by atoms with van der Waals surface area (Å²) in [6.07, 6.45) is 44.1. The van der Waals surface area contributed by atoms with Gasteiger partial charge in [-0.1, -0.05) is 164 Å². The van der Waals surface area contributed by atoms with E-state index in [1.165, 1.54) is 64.2 Å². The largest absolute Gasteiger partial charge is 0.463 e. The molecular weight excluding hydrogens is 588 g/mol. The predicted octanol–water partition coefficient (Wildman–Crippen LogP) is 10.4. The molecule has 0 aliphatic rings. The average Bonchev–Trinajstić information content (AvgIpc) is 3.06. The van der Waals surface area contributed by atoms with E-state index in [1.54, 1.807) is 6.08 Å². The summed E-state index contributed by atoms with van der Waals surface area (Å²) in [6, 6.07) is 0. The molecule has 47 heavy (non-hydrogen) atoms. The fraction of sp³-hybridized carbons (Fsp3) is 0.659. The topological polar surface area (TPSA) is 93.1 Å². The van der Waals surface area contributed by atoms with Crippen LogP contribution in [0.5, 0.6) is 0 Å². The SMILES string of the molecule is CC/C=C\C/C=C\C/C=C\C/C=C\C=C/C(O)C/C=C\CCC(=O)OC[C@H](O)COC(=O)CCCCCCCCCCCCCCC. The highest BCUT2D eigenvalue weighted by Crippen LogP contribution is 2.13. The molecule has 0 amide bonds. The van der Waals surface area contributed by atoms with Gasteiger partial charge in [0.1, 0.15) is 19.3 Å². The van der Waals surface area contributed by atoms with Crippen LogP contribution in [0, 0.1) is 0 Å². The molecule has 0 spiro atoms. The average molecular weight is 657 g/mol. The van der Waals surface area contributed by atoms with E-state index in [4.69, 9.17) is 9.47 Å². The number of ether oxygens (including phenoxy) is 2. The molecule has 2 N–H and O–H groups in total. The first-order valence-corrected chi connectivity index (χ1v) is 18.6. The second kappa shape index (κ2) is 36.1. The smallest absolute Gasteiger partial charge is 0.306 e. The molecule has 0 aromatic rings. The predicted molar refractivity (Wildman–Crippen MR) is 197 cm³/mol. The van der Waals surface area contributed by atoms with Crippen LogP contribution in [-0.4, -0.2) is 47.6 Å². The first-order chi connectivity index (χ1) is 23.0. The summed E-state index contributed by atoms with van der Waals surface area (Å²) >= 11 is 0. The van der Waals surface area contributed by atoms with Crippen molar-refractivity contribution >= 4 is 11.9 Å². The van der Waals surface area contributed by atoms with Crippen molar-refractivity contribution in [3.63, 3.8) is 0 Å². The molecule has 2 atom stereocenters. The number of hydrogen-bond acceptors (Lipinski definition) is 6. The lowest BCUT2D eigenvalue weighted by atomic mass is 10.0. The maximum atomic E-state index is 11.9.